The summed E-state index contributed by atoms with van der Waals surface area (Å²) in [7, 11) is 0. The number of hydrogen-bond acceptors (Lipinski definition) is 6. The van der Waals surface area contributed by atoms with Crippen molar-refractivity contribution in [2.75, 3.05) is 24.6 Å². The fourth-order valence-electron chi connectivity index (χ4n) is 5.94. The van der Waals surface area contributed by atoms with Gasteiger partial charge in [-0.15, -0.1) is 25.0 Å². The quantitative estimate of drug-likeness (QED) is 0.330. The molecule has 1 saturated carbocycles. The second kappa shape index (κ2) is 12.1. The Bertz CT molecular complexity index is 1080. The zero-order valence-corrected chi connectivity index (χ0v) is 23.5. The Morgan fingerprint density at radius 3 is 2.44 bits per heavy atom. The maximum absolute atomic E-state index is 14.0. The number of piperidine rings is 1. The number of alkyl halides is 5. The van der Waals surface area contributed by atoms with Gasteiger partial charge in [0.2, 0.25) is 5.91 Å². The highest BCUT2D eigenvalue weighted by molar-refractivity contribution is 7.81. The third-order valence-electron chi connectivity index (χ3n) is 8.06. The maximum atomic E-state index is 14.0. The monoisotopic (exact) mass is 596 g/mol. The van der Waals surface area contributed by atoms with Crippen LogP contribution >= 0.6 is 25.0 Å². The molecule has 0 unspecified atom stereocenters. The zero-order valence-electron chi connectivity index (χ0n) is 21.8. The van der Waals surface area contributed by atoms with Crippen LogP contribution in [0.5, 0.6) is 0 Å². The van der Waals surface area contributed by atoms with Crippen LogP contribution < -0.4 is 10.2 Å². The van der Waals surface area contributed by atoms with Gasteiger partial charge in [0.05, 0.1) is 35.4 Å². The summed E-state index contributed by atoms with van der Waals surface area (Å²) < 4.78 is 74.7. The Morgan fingerprint density at radius 1 is 1.18 bits per heavy atom. The lowest BCUT2D eigenvalue weighted by Crippen LogP contribution is -2.52. The van der Waals surface area contributed by atoms with E-state index < -0.39 is 40.2 Å². The van der Waals surface area contributed by atoms with Gasteiger partial charge in [0.1, 0.15) is 5.50 Å². The predicted octanol–water partition coefficient (Wildman–Crippen LogP) is 5.60. The van der Waals surface area contributed by atoms with E-state index in [9.17, 15) is 26.7 Å². The topological polar surface area (TPSA) is 68.6 Å². The minimum absolute atomic E-state index is 0. The van der Waals surface area contributed by atoms with Crippen LogP contribution in [0, 0.1) is 17.2 Å². The van der Waals surface area contributed by atoms with Crippen LogP contribution in [0.3, 0.4) is 0 Å². The van der Waals surface area contributed by atoms with E-state index in [1.807, 2.05) is 4.90 Å². The number of carbonyl (C=O) groups is 1. The number of amides is 1. The maximum Gasteiger partial charge on any atom is 0.417 e. The number of rotatable bonds is 6. The summed E-state index contributed by atoms with van der Waals surface area (Å²) in [6, 6.07) is 4.74. The first-order valence-corrected chi connectivity index (χ1v) is 13.4. The van der Waals surface area contributed by atoms with Crippen molar-refractivity contribution in [3.63, 3.8) is 0 Å². The predicted molar refractivity (Wildman–Crippen MR) is 142 cm³/mol. The fourth-order valence-corrected chi connectivity index (χ4v) is 6.66. The first kappa shape index (κ1) is 31.9. The summed E-state index contributed by atoms with van der Waals surface area (Å²) in [5, 5.41) is 11.8. The van der Waals surface area contributed by atoms with Crippen LogP contribution in [-0.4, -0.2) is 59.6 Å². The summed E-state index contributed by atoms with van der Waals surface area (Å²) in [6.45, 7) is 4.02. The second-order valence-electron chi connectivity index (χ2n) is 10.8. The molecule has 218 valence electrons. The van der Waals surface area contributed by atoms with Crippen LogP contribution in [-0.2, 0) is 15.7 Å². The molecule has 1 amide bonds. The van der Waals surface area contributed by atoms with Crippen molar-refractivity contribution in [3.8, 4) is 6.07 Å². The first-order valence-electron chi connectivity index (χ1n) is 12.9. The van der Waals surface area contributed by atoms with Gasteiger partial charge < -0.3 is 10.1 Å². The van der Waals surface area contributed by atoms with Crippen LogP contribution in [0.4, 0.5) is 27.6 Å². The molecule has 6 nitrogen and oxygen atoms in total. The smallest absolute Gasteiger partial charge is 0.378 e. The van der Waals surface area contributed by atoms with E-state index in [1.54, 1.807) is 19.9 Å². The van der Waals surface area contributed by atoms with E-state index in [0.29, 0.717) is 45.1 Å². The van der Waals surface area contributed by atoms with E-state index in [1.165, 1.54) is 11.0 Å². The van der Waals surface area contributed by atoms with Crippen LogP contribution in [0.15, 0.2) is 18.2 Å². The Balaban J connectivity index is 0.00000420. The van der Waals surface area contributed by atoms with Crippen molar-refractivity contribution in [1.29, 1.82) is 5.26 Å². The number of ether oxygens (including phenoxy) is 1. The normalized spacial score (nSPS) is 29.1. The Morgan fingerprint density at radius 2 is 1.85 bits per heavy atom. The lowest BCUT2D eigenvalue weighted by atomic mass is 9.89. The Kier molecular flexibility index (Phi) is 9.86. The third kappa shape index (κ3) is 6.48. The lowest BCUT2D eigenvalue weighted by molar-refractivity contribution is -0.137. The van der Waals surface area contributed by atoms with Crippen LogP contribution in [0.2, 0.25) is 0 Å². The molecule has 39 heavy (non-hydrogen) atoms. The largest absolute Gasteiger partial charge is 0.417 e. The molecule has 2 saturated heterocycles. The van der Waals surface area contributed by atoms with Crippen LogP contribution in [0.25, 0.3) is 0 Å². The summed E-state index contributed by atoms with van der Waals surface area (Å²) in [6.07, 6.45) is -1.36. The molecule has 1 aromatic carbocycles. The van der Waals surface area contributed by atoms with Crippen LogP contribution in [0.1, 0.15) is 63.5 Å². The highest BCUT2D eigenvalue weighted by Crippen LogP contribution is 2.43. The van der Waals surface area contributed by atoms with E-state index in [2.05, 4.69) is 17.9 Å². The Labute approximate surface area is 237 Å². The molecule has 4 rings (SSSR count). The number of carbonyl (C=O) groups excluding carboxylic acids is 1. The van der Waals surface area contributed by atoms with Gasteiger partial charge in [0.25, 0.3) is 5.92 Å². The number of benzene rings is 1. The van der Waals surface area contributed by atoms with Crippen molar-refractivity contribution in [3.05, 3.63) is 29.3 Å². The molecule has 3 fully saturated rings. The molecule has 2 atom stereocenters. The molecule has 0 spiro atoms. The molecule has 2 heterocycles. The number of thiol groups is 1. The molecule has 0 aromatic heterocycles. The number of nitrogens with one attached hydrogen (secondary N) is 1. The SMILES string of the molecule is CC1(C)C(=O)N(c2ccc(C#N)c(C(F)(F)F)c2)[C@H](S)N1C1CCC(OCC[C@H]2CCNCC2(F)F)CC1.Cl. The number of anilines is 1. The first-order chi connectivity index (χ1) is 17.8. The summed E-state index contributed by atoms with van der Waals surface area (Å²) in [4.78, 5) is 16.6. The lowest BCUT2D eigenvalue weighted by Gasteiger charge is -2.41. The average molecular weight is 597 g/mol. The summed E-state index contributed by atoms with van der Waals surface area (Å²) >= 11 is 4.66. The van der Waals surface area contributed by atoms with Crippen molar-refractivity contribution < 1.29 is 31.5 Å². The van der Waals surface area contributed by atoms with E-state index in [-0.39, 0.29) is 49.3 Å². The Hall–Kier alpha value is -1.65. The number of halogens is 6. The van der Waals surface area contributed by atoms with Crippen molar-refractivity contribution in [1.82, 2.24) is 10.2 Å². The molecule has 0 bridgehead atoms. The van der Waals surface area contributed by atoms with Crippen molar-refractivity contribution in [2.24, 2.45) is 5.92 Å². The van der Waals surface area contributed by atoms with Gasteiger partial charge in [-0.25, -0.2) is 8.78 Å². The van der Waals surface area contributed by atoms with E-state index in [0.717, 1.165) is 12.1 Å². The molecular weight excluding hydrogens is 563 g/mol. The van der Waals surface area contributed by atoms with Gasteiger partial charge in [-0.2, -0.15) is 18.4 Å². The molecule has 1 aromatic rings. The van der Waals surface area contributed by atoms with Gasteiger partial charge in [0.15, 0.2) is 0 Å². The van der Waals surface area contributed by atoms with Gasteiger partial charge in [-0.05, 0) is 77.1 Å². The molecular formula is C26H34ClF5N4O2S. The van der Waals surface area contributed by atoms with E-state index >= 15 is 0 Å². The summed E-state index contributed by atoms with van der Waals surface area (Å²) in [5.74, 6) is -3.79. The van der Waals surface area contributed by atoms with Gasteiger partial charge in [-0.1, -0.05) is 0 Å². The van der Waals surface area contributed by atoms with Gasteiger partial charge >= 0.3 is 6.18 Å². The second-order valence-corrected chi connectivity index (χ2v) is 11.3. The number of hydrogen-bond donors (Lipinski definition) is 2. The third-order valence-corrected chi connectivity index (χ3v) is 8.54. The fraction of sp³-hybridized carbons (Fsp3) is 0.692. The molecule has 1 aliphatic carbocycles. The average Bonchev–Trinajstić information content (AvgIpc) is 3.03. The van der Waals surface area contributed by atoms with Crippen molar-refractivity contribution >= 4 is 36.6 Å². The minimum Gasteiger partial charge on any atom is -0.378 e. The molecule has 2 aliphatic heterocycles. The molecule has 13 heteroatoms. The van der Waals surface area contributed by atoms with Gasteiger partial charge in [0, 0.05) is 24.3 Å². The summed E-state index contributed by atoms with van der Waals surface area (Å²) in [5.41, 5.74) is -3.39. The zero-order chi connectivity index (χ0) is 27.9. The number of nitrogens with zero attached hydrogens (tertiary/aromatic N) is 3. The molecule has 1 N–H and O–H groups in total. The van der Waals surface area contributed by atoms with E-state index in [4.69, 9.17) is 10.00 Å². The highest BCUT2D eigenvalue weighted by Gasteiger charge is 2.54. The standard InChI is InChI=1S/C26H33F5N4O2S.ClH/c1-24(2)22(36)34(19-4-3-16(14-32)21(13-19)26(29,30)31)23(38)35(24)18-5-7-20(8-6-18)37-12-10-17-9-11-33-15-25(17,27)28;/h3-4,13,17-18,20,23,33,38H,5-12,15H2,1-2H3;1H/t17-,18?,20?,23+;/m1./s1. The van der Waals surface area contributed by atoms with Crippen molar-refractivity contribution in [2.45, 2.75) is 87.7 Å². The van der Waals surface area contributed by atoms with Gasteiger partial charge in [-0.3, -0.25) is 14.6 Å². The number of nitriles is 1. The molecule has 0 radical (unpaired) electrons. The highest BCUT2D eigenvalue weighted by atomic mass is 35.5. The minimum atomic E-state index is -4.74. The molecule has 3 aliphatic rings.